The Bertz CT molecular complexity index is 1000. The van der Waals surface area contributed by atoms with Gasteiger partial charge in [0.25, 0.3) is 11.1 Å². The fourth-order valence-electron chi connectivity index (χ4n) is 2.90. The molecule has 0 aromatic heterocycles. The van der Waals surface area contributed by atoms with Crippen LogP contribution in [0.4, 0.5) is 10.5 Å². The number of imide groups is 1. The molecule has 3 amide bonds. The number of carbonyl (C=O) groups is 3. The third kappa shape index (κ3) is 4.83. The molecule has 3 rings (SSSR count). The smallest absolute Gasteiger partial charge is 0.294 e. The van der Waals surface area contributed by atoms with Crippen molar-refractivity contribution in [3.8, 4) is 11.5 Å². The summed E-state index contributed by atoms with van der Waals surface area (Å²) in [5.41, 5.74) is 2.36. The van der Waals surface area contributed by atoms with Gasteiger partial charge in [0.1, 0.15) is 18.0 Å². The number of methoxy groups -OCH3 is 2. The van der Waals surface area contributed by atoms with Gasteiger partial charge in [0.05, 0.1) is 19.1 Å². The number of rotatable bonds is 7. The summed E-state index contributed by atoms with van der Waals surface area (Å²) in [4.78, 5) is 38.5. The number of nitrogens with one attached hydrogen (secondary N) is 1. The van der Waals surface area contributed by atoms with E-state index in [1.165, 1.54) is 14.2 Å². The Balaban J connectivity index is 1.72. The van der Waals surface area contributed by atoms with Crippen molar-refractivity contribution < 1.29 is 23.9 Å². The molecule has 1 aliphatic rings. The molecule has 1 saturated heterocycles. The van der Waals surface area contributed by atoms with Gasteiger partial charge in [-0.05, 0) is 60.2 Å². The van der Waals surface area contributed by atoms with Crippen molar-refractivity contribution in [2.24, 2.45) is 0 Å². The molecule has 156 valence electrons. The van der Waals surface area contributed by atoms with Crippen molar-refractivity contribution >= 4 is 40.6 Å². The molecule has 1 heterocycles. The second-order valence-corrected chi connectivity index (χ2v) is 7.47. The minimum absolute atomic E-state index is 0.214. The van der Waals surface area contributed by atoms with Crippen LogP contribution in [0, 0.1) is 0 Å². The maximum absolute atomic E-state index is 12.7. The number of hydrogen-bond acceptors (Lipinski definition) is 6. The Morgan fingerprint density at radius 2 is 1.83 bits per heavy atom. The van der Waals surface area contributed by atoms with Gasteiger partial charge in [-0.15, -0.1) is 0 Å². The molecule has 1 fully saturated rings. The van der Waals surface area contributed by atoms with Crippen molar-refractivity contribution in [3.63, 3.8) is 0 Å². The molecular formula is C22H22N2O5S. The first-order valence-corrected chi connectivity index (χ1v) is 10.1. The van der Waals surface area contributed by atoms with E-state index in [-0.39, 0.29) is 11.4 Å². The lowest BCUT2D eigenvalue weighted by molar-refractivity contribution is -0.127. The van der Waals surface area contributed by atoms with Crippen LogP contribution in [0.2, 0.25) is 0 Å². The summed E-state index contributed by atoms with van der Waals surface area (Å²) in [6, 6.07) is 12.6. The standard InChI is InChI=1S/C22H22N2O5S/c1-4-14-5-7-16(8-6-14)23-20(25)13-24-21(26)19(30-22(24)27)12-15-11-17(28-2)9-10-18(15)29-3/h5-12H,4,13H2,1-3H3,(H,23,25)/b19-12+. The second kappa shape index (κ2) is 9.49. The van der Waals surface area contributed by atoms with E-state index in [2.05, 4.69) is 5.32 Å². The van der Waals surface area contributed by atoms with Gasteiger partial charge in [-0.3, -0.25) is 19.3 Å². The molecule has 0 spiro atoms. The summed E-state index contributed by atoms with van der Waals surface area (Å²) in [6.07, 6.45) is 2.46. The number of carbonyl (C=O) groups excluding carboxylic acids is 3. The molecule has 0 bridgehead atoms. The molecule has 8 heteroatoms. The monoisotopic (exact) mass is 426 g/mol. The highest BCUT2D eigenvalue weighted by molar-refractivity contribution is 8.18. The lowest BCUT2D eigenvalue weighted by atomic mass is 10.1. The average molecular weight is 426 g/mol. The molecule has 0 atom stereocenters. The number of benzene rings is 2. The van der Waals surface area contributed by atoms with Crippen LogP contribution >= 0.6 is 11.8 Å². The maximum atomic E-state index is 12.7. The minimum Gasteiger partial charge on any atom is -0.497 e. The first-order chi connectivity index (χ1) is 14.4. The van der Waals surface area contributed by atoms with E-state index in [0.717, 1.165) is 28.6 Å². The highest BCUT2D eigenvalue weighted by Crippen LogP contribution is 2.35. The van der Waals surface area contributed by atoms with E-state index < -0.39 is 17.1 Å². The number of aryl methyl sites for hydroxylation is 1. The SMILES string of the molecule is CCc1ccc(NC(=O)CN2C(=O)S/C(=C/c3cc(OC)ccc3OC)C2=O)cc1. The van der Waals surface area contributed by atoms with Gasteiger partial charge in [-0.1, -0.05) is 19.1 Å². The molecule has 30 heavy (non-hydrogen) atoms. The van der Waals surface area contributed by atoms with E-state index in [1.54, 1.807) is 36.4 Å². The van der Waals surface area contributed by atoms with Crippen molar-refractivity contribution in [2.45, 2.75) is 13.3 Å². The van der Waals surface area contributed by atoms with Crippen molar-refractivity contribution in [1.82, 2.24) is 4.90 Å². The van der Waals surface area contributed by atoms with E-state index in [1.807, 2.05) is 19.1 Å². The van der Waals surface area contributed by atoms with Gasteiger partial charge >= 0.3 is 0 Å². The normalized spacial score (nSPS) is 14.9. The van der Waals surface area contributed by atoms with Gasteiger partial charge in [-0.2, -0.15) is 0 Å². The molecule has 1 aliphatic heterocycles. The van der Waals surface area contributed by atoms with Gasteiger partial charge < -0.3 is 14.8 Å². The van der Waals surface area contributed by atoms with Crippen molar-refractivity contribution in [2.75, 3.05) is 26.1 Å². The van der Waals surface area contributed by atoms with Gasteiger partial charge in [0.2, 0.25) is 5.91 Å². The molecular weight excluding hydrogens is 404 g/mol. The highest BCUT2D eigenvalue weighted by Gasteiger charge is 2.36. The van der Waals surface area contributed by atoms with Crippen LogP contribution < -0.4 is 14.8 Å². The van der Waals surface area contributed by atoms with Crippen LogP contribution in [0.25, 0.3) is 6.08 Å². The third-order valence-corrected chi connectivity index (χ3v) is 5.45. The fraction of sp³-hybridized carbons (Fsp3) is 0.227. The average Bonchev–Trinajstić information content (AvgIpc) is 3.01. The Morgan fingerprint density at radius 3 is 2.47 bits per heavy atom. The van der Waals surface area contributed by atoms with E-state index in [4.69, 9.17) is 9.47 Å². The number of nitrogens with zero attached hydrogens (tertiary/aromatic N) is 1. The van der Waals surface area contributed by atoms with Crippen LogP contribution in [-0.2, 0) is 16.0 Å². The maximum Gasteiger partial charge on any atom is 0.294 e. The van der Waals surface area contributed by atoms with Crippen LogP contribution in [0.1, 0.15) is 18.1 Å². The Hall–Kier alpha value is -3.26. The third-order valence-electron chi connectivity index (χ3n) is 4.54. The van der Waals surface area contributed by atoms with Crippen molar-refractivity contribution in [3.05, 3.63) is 58.5 Å². The van der Waals surface area contributed by atoms with Gasteiger partial charge in [0.15, 0.2) is 0 Å². The number of hydrogen-bond donors (Lipinski definition) is 1. The first kappa shape index (κ1) is 21.4. The zero-order valence-electron chi connectivity index (χ0n) is 16.9. The van der Waals surface area contributed by atoms with E-state index in [0.29, 0.717) is 22.7 Å². The topological polar surface area (TPSA) is 84.9 Å². The van der Waals surface area contributed by atoms with Crippen LogP contribution in [0.15, 0.2) is 47.4 Å². The molecule has 0 radical (unpaired) electrons. The van der Waals surface area contributed by atoms with Gasteiger partial charge in [0, 0.05) is 11.3 Å². The molecule has 0 aliphatic carbocycles. The number of anilines is 1. The quantitative estimate of drug-likeness (QED) is 0.675. The zero-order chi connectivity index (χ0) is 21.7. The second-order valence-electron chi connectivity index (χ2n) is 6.47. The molecule has 0 saturated carbocycles. The largest absolute Gasteiger partial charge is 0.497 e. The summed E-state index contributed by atoms with van der Waals surface area (Å²) in [7, 11) is 3.05. The molecule has 7 nitrogen and oxygen atoms in total. The van der Waals surface area contributed by atoms with Crippen LogP contribution in [0.5, 0.6) is 11.5 Å². The predicted octanol–water partition coefficient (Wildman–Crippen LogP) is 3.94. The fourth-order valence-corrected chi connectivity index (χ4v) is 3.73. The number of amides is 3. The number of thioether (sulfide) groups is 1. The molecule has 1 N–H and O–H groups in total. The zero-order valence-corrected chi connectivity index (χ0v) is 17.7. The molecule has 2 aromatic rings. The Labute approximate surface area is 179 Å². The summed E-state index contributed by atoms with van der Waals surface area (Å²) in [6.45, 7) is 1.69. The van der Waals surface area contributed by atoms with Gasteiger partial charge in [-0.25, -0.2) is 0 Å². The van der Waals surface area contributed by atoms with Crippen LogP contribution in [-0.4, -0.2) is 42.7 Å². The van der Waals surface area contributed by atoms with Crippen molar-refractivity contribution in [1.29, 1.82) is 0 Å². The number of ether oxygens (including phenoxy) is 2. The summed E-state index contributed by atoms with van der Waals surface area (Å²) in [5, 5.41) is 2.21. The lowest BCUT2D eigenvalue weighted by Crippen LogP contribution is -2.36. The summed E-state index contributed by atoms with van der Waals surface area (Å²) in [5.74, 6) is 0.165. The minimum atomic E-state index is -0.522. The Kier molecular flexibility index (Phi) is 6.79. The Morgan fingerprint density at radius 1 is 1.10 bits per heavy atom. The van der Waals surface area contributed by atoms with E-state index in [9.17, 15) is 14.4 Å². The molecule has 2 aromatic carbocycles. The van der Waals surface area contributed by atoms with E-state index >= 15 is 0 Å². The summed E-state index contributed by atoms with van der Waals surface area (Å²) >= 11 is 0.785. The van der Waals surface area contributed by atoms with Crippen LogP contribution in [0.3, 0.4) is 0 Å². The lowest BCUT2D eigenvalue weighted by Gasteiger charge is -2.12. The first-order valence-electron chi connectivity index (χ1n) is 9.31. The highest BCUT2D eigenvalue weighted by atomic mass is 32.2. The predicted molar refractivity (Wildman–Crippen MR) is 117 cm³/mol. The summed E-state index contributed by atoms with van der Waals surface area (Å²) < 4.78 is 10.5. The molecule has 0 unspecified atom stereocenters.